The highest BCUT2D eigenvalue weighted by molar-refractivity contribution is 7.10. The summed E-state index contributed by atoms with van der Waals surface area (Å²) in [6.07, 6.45) is 7.12. The SMILES string of the molecule is Cc1ncsc1C(NC1CCCCCC1)C(=O)O. The molecule has 1 unspecified atom stereocenters. The van der Waals surface area contributed by atoms with Crippen molar-refractivity contribution in [1.29, 1.82) is 0 Å². The molecule has 0 saturated heterocycles. The van der Waals surface area contributed by atoms with Crippen LogP contribution in [0.1, 0.15) is 55.1 Å². The standard InChI is InChI=1S/C13H20N2O2S/c1-9-12(18-8-14-9)11(13(16)17)15-10-6-4-2-3-5-7-10/h8,10-11,15H,2-7H2,1H3,(H,16,17). The molecule has 1 aromatic rings. The van der Waals surface area contributed by atoms with E-state index in [4.69, 9.17) is 0 Å². The van der Waals surface area contributed by atoms with E-state index in [9.17, 15) is 9.90 Å². The van der Waals surface area contributed by atoms with Crippen molar-refractivity contribution in [3.63, 3.8) is 0 Å². The van der Waals surface area contributed by atoms with Gasteiger partial charge in [0, 0.05) is 6.04 Å². The van der Waals surface area contributed by atoms with Crippen LogP contribution in [0.4, 0.5) is 0 Å². The highest BCUT2D eigenvalue weighted by Crippen LogP contribution is 2.25. The van der Waals surface area contributed by atoms with Crippen molar-refractivity contribution in [2.24, 2.45) is 0 Å². The second-order valence-corrected chi connectivity index (χ2v) is 5.81. The molecule has 1 aliphatic rings. The van der Waals surface area contributed by atoms with E-state index in [-0.39, 0.29) is 0 Å². The van der Waals surface area contributed by atoms with Gasteiger partial charge in [0.15, 0.2) is 0 Å². The molecule has 1 atom stereocenters. The number of aromatic nitrogens is 1. The highest BCUT2D eigenvalue weighted by atomic mass is 32.1. The molecule has 0 spiro atoms. The molecule has 2 N–H and O–H groups in total. The minimum atomic E-state index is -0.799. The zero-order chi connectivity index (χ0) is 13.0. The third-order valence-electron chi connectivity index (χ3n) is 3.55. The van der Waals surface area contributed by atoms with Crippen LogP contribution in [0.3, 0.4) is 0 Å². The Kier molecular flexibility index (Phi) is 4.72. The number of aryl methyl sites for hydroxylation is 1. The molecule has 1 aliphatic carbocycles. The Morgan fingerprint density at radius 2 is 2.11 bits per heavy atom. The fraction of sp³-hybridized carbons (Fsp3) is 0.692. The van der Waals surface area contributed by atoms with Gasteiger partial charge in [-0.15, -0.1) is 11.3 Å². The van der Waals surface area contributed by atoms with Gasteiger partial charge in [0.2, 0.25) is 0 Å². The number of carboxylic acid groups (broad SMARTS) is 1. The van der Waals surface area contributed by atoms with Crippen LogP contribution in [0.5, 0.6) is 0 Å². The number of thiazole rings is 1. The van der Waals surface area contributed by atoms with Crippen molar-refractivity contribution in [2.75, 3.05) is 0 Å². The molecule has 0 bridgehead atoms. The molecular weight excluding hydrogens is 248 g/mol. The molecule has 2 rings (SSSR count). The lowest BCUT2D eigenvalue weighted by Crippen LogP contribution is -2.36. The summed E-state index contributed by atoms with van der Waals surface area (Å²) in [6, 6.07) is -0.268. The Bertz CT molecular complexity index is 397. The van der Waals surface area contributed by atoms with Crippen molar-refractivity contribution in [3.05, 3.63) is 16.1 Å². The van der Waals surface area contributed by atoms with Crippen molar-refractivity contribution in [2.45, 2.75) is 57.5 Å². The summed E-state index contributed by atoms with van der Waals surface area (Å²) < 4.78 is 0. The first kappa shape index (κ1) is 13.5. The van der Waals surface area contributed by atoms with E-state index >= 15 is 0 Å². The quantitative estimate of drug-likeness (QED) is 0.824. The molecule has 5 heteroatoms. The molecular formula is C13H20N2O2S. The average molecular weight is 268 g/mol. The summed E-state index contributed by atoms with van der Waals surface area (Å²) in [5, 5.41) is 12.7. The first-order valence-electron chi connectivity index (χ1n) is 6.57. The van der Waals surface area contributed by atoms with E-state index in [0.29, 0.717) is 6.04 Å². The maximum Gasteiger partial charge on any atom is 0.326 e. The van der Waals surface area contributed by atoms with Crippen LogP contribution in [0.2, 0.25) is 0 Å². The molecule has 1 saturated carbocycles. The molecule has 1 heterocycles. The van der Waals surface area contributed by atoms with Crippen molar-refractivity contribution >= 4 is 17.3 Å². The maximum atomic E-state index is 11.4. The van der Waals surface area contributed by atoms with Crippen LogP contribution in [-0.4, -0.2) is 22.1 Å². The lowest BCUT2D eigenvalue weighted by molar-refractivity contribution is -0.139. The second kappa shape index (κ2) is 6.29. The Balaban J connectivity index is 2.06. The Labute approximate surface area is 111 Å². The second-order valence-electron chi connectivity index (χ2n) is 4.93. The number of nitrogens with one attached hydrogen (secondary N) is 1. The summed E-state index contributed by atoms with van der Waals surface area (Å²) in [5.74, 6) is -0.799. The smallest absolute Gasteiger partial charge is 0.326 e. The van der Waals surface area contributed by atoms with Gasteiger partial charge in [-0.1, -0.05) is 25.7 Å². The number of nitrogens with zero attached hydrogens (tertiary/aromatic N) is 1. The molecule has 0 aromatic carbocycles. The minimum absolute atomic E-state index is 0.329. The van der Waals surface area contributed by atoms with Crippen molar-refractivity contribution in [1.82, 2.24) is 10.3 Å². The number of hydrogen-bond donors (Lipinski definition) is 2. The van der Waals surface area contributed by atoms with E-state index in [1.807, 2.05) is 6.92 Å². The fourth-order valence-corrected chi connectivity index (χ4v) is 3.38. The van der Waals surface area contributed by atoms with Gasteiger partial charge < -0.3 is 5.11 Å². The van der Waals surface area contributed by atoms with E-state index in [2.05, 4.69) is 10.3 Å². The first-order chi connectivity index (χ1) is 8.68. The number of carbonyl (C=O) groups is 1. The lowest BCUT2D eigenvalue weighted by atomic mass is 10.1. The summed E-state index contributed by atoms with van der Waals surface area (Å²) in [5.41, 5.74) is 2.54. The molecule has 1 fully saturated rings. The number of carboxylic acids is 1. The molecule has 18 heavy (non-hydrogen) atoms. The maximum absolute atomic E-state index is 11.4. The van der Waals surface area contributed by atoms with E-state index in [1.165, 1.54) is 37.0 Å². The van der Waals surface area contributed by atoms with E-state index in [1.54, 1.807) is 5.51 Å². The predicted octanol–water partition coefficient (Wildman–Crippen LogP) is 2.89. The van der Waals surface area contributed by atoms with Crippen LogP contribution in [0, 0.1) is 6.92 Å². The van der Waals surface area contributed by atoms with Gasteiger partial charge in [-0.2, -0.15) is 0 Å². The summed E-state index contributed by atoms with van der Waals surface area (Å²) in [4.78, 5) is 16.4. The molecule has 4 nitrogen and oxygen atoms in total. The van der Waals surface area contributed by atoms with Gasteiger partial charge in [0.05, 0.1) is 16.1 Å². The van der Waals surface area contributed by atoms with Crippen LogP contribution < -0.4 is 5.32 Å². The molecule has 0 aliphatic heterocycles. The van der Waals surface area contributed by atoms with Gasteiger partial charge in [0.1, 0.15) is 6.04 Å². The summed E-state index contributed by atoms with van der Waals surface area (Å²) in [6.45, 7) is 1.87. The van der Waals surface area contributed by atoms with Crippen LogP contribution >= 0.6 is 11.3 Å². The number of rotatable bonds is 4. The molecule has 1 aromatic heterocycles. The zero-order valence-corrected chi connectivity index (χ0v) is 11.5. The van der Waals surface area contributed by atoms with Gasteiger partial charge in [-0.25, -0.2) is 4.98 Å². The highest BCUT2D eigenvalue weighted by Gasteiger charge is 2.26. The predicted molar refractivity (Wildman–Crippen MR) is 71.9 cm³/mol. The number of aliphatic carboxylic acids is 1. The molecule has 0 amide bonds. The minimum Gasteiger partial charge on any atom is -0.480 e. The number of hydrogen-bond acceptors (Lipinski definition) is 4. The largest absolute Gasteiger partial charge is 0.480 e. The van der Waals surface area contributed by atoms with Gasteiger partial charge in [-0.3, -0.25) is 10.1 Å². The third-order valence-corrected chi connectivity index (χ3v) is 4.55. The van der Waals surface area contributed by atoms with E-state index < -0.39 is 12.0 Å². The molecule has 0 radical (unpaired) electrons. The van der Waals surface area contributed by atoms with Gasteiger partial charge >= 0.3 is 5.97 Å². The molecule has 100 valence electrons. The fourth-order valence-electron chi connectivity index (χ4n) is 2.53. The van der Waals surface area contributed by atoms with Crippen molar-refractivity contribution < 1.29 is 9.90 Å². The average Bonchev–Trinajstić information content (AvgIpc) is 2.62. The summed E-state index contributed by atoms with van der Waals surface area (Å²) >= 11 is 1.43. The Morgan fingerprint density at radius 3 is 2.61 bits per heavy atom. The lowest BCUT2D eigenvalue weighted by Gasteiger charge is -2.21. The monoisotopic (exact) mass is 268 g/mol. The van der Waals surface area contributed by atoms with Crippen LogP contribution in [0.25, 0.3) is 0 Å². The Morgan fingerprint density at radius 1 is 1.44 bits per heavy atom. The van der Waals surface area contributed by atoms with E-state index in [0.717, 1.165) is 23.4 Å². The first-order valence-corrected chi connectivity index (χ1v) is 7.45. The third kappa shape index (κ3) is 3.29. The zero-order valence-electron chi connectivity index (χ0n) is 10.7. The van der Waals surface area contributed by atoms with Gasteiger partial charge in [0.25, 0.3) is 0 Å². The van der Waals surface area contributed by atoms with Crippen LogP contribution in [-0.2, 0) is 4.79 Å². The topological polar surface area (TPSA) is 62.2 Å². The Hall–Kier alpha value is -0.940. The summed E-state index contributed by atoms with van der Waals surface area (Å²) in [7, 11) is 0. The van der Waals surface area contributed by atoms with Crippen molar-refractivity contribution in [3.8, 4) is 0 Å². The van der Waals surface area contributed by atoms with Crippen LogP contribution in [0.15, 0.2) is 5.51 Å². The van der Waals surface area contributed by atoms with Gasteiger partial charge in [-0.05, 0) is 19.8 Å². The normalized spacial score (nSPS) is 19.4.